The molecule has 0 bridgehead atoms. The molecule has 1 atom stereocenters. The van der Waals surface area contributed by atoms with Crippen LogP contribution in [0.4, 0.5) is 10.1 Å². The highest BCUT2D eigenvalue weighted by Gasteiger charge is 2.20. The van der Waals surface area contributed by atoms with Crippen molar-refractivity contribution in [3.63, 3.8) is 0 Å². The van der Waals surface area contributed by atoms with Gasteiger partial charge in [0.2, 0.25) is 5.91 Å². The van der Waals surface area contributed by atoms with Crippen molar-refractivity contribution in [2.24, 2.45) is 0 Å². The van der Waals surface area contributed by atoms with Crippen LogP contribution in [-0.4, -0.2) is 11.7 Å². The first-order chi connectivity index (χ1) is 10.0. The van der Waals surface area contributed by atoms with Crippen molar-refractivity contribution in [2.45, 2.75) is 17.7 Å². The second-order valence-corrected chi connectivity index (χ2v) is 5.59. The third-order valence-corrected chi connectivity index (χ3v) is 3.83. The average molecular weight is 321 g/mol. The lowest BCUT2D eigenvalue weighted by atomic mass is 9.91. The minimum absolute atomic E-state index is 0.172. The van der Waals surface area contributed by atoms with Crippen LogP contribution in [0.1, 0.15) is 24.0 Å². The van der Waals surface area contributed by atoms with E-state index in [-0.39, 0.29) is 17.6 Å². The van der Waals surface area contributed by atoms with Crippen molar-refractivity contribution in [1.82, 2.24) is 0 Å². The van der Waals surface area contributed by atoms with Gasteiger partial charge in [-0.3, -0.25) is 4.79 Å². The van der Waals surface area contributed by atoms with Gasteiger partial charge in [0.15, 0.2) is 0 Å². The predicted octanol–water partition coefficient (Wildman–Crippen LogP) is 4.13. The van der Waals surface area contributed by atoms with Gasteiger partial charge in [-0.2, -0.15) is 12.6 Å². The van der Waals surface area contributed by atoms with E-state index < -0.39 is 0 Å². The van der Waals surface area contributed by atoms with E-state index in [1.165, 1.54) is 13.0 Å². The maximum atomic E-state index is 14.1. The molecule has 2 aromatic carbocycles. The standard InChI is InChI=1S/C16H16FNOS2/c1-10(19)18-16-7-6-11(21)8-13(16)14(9-20)12-4-2-3-5-15(12)17/h2-8,14,20-21H,9H2,1H3,(H,18,19). The van der Waals surface area contributed by atoms with Gasteiger partial charge in [0.1, 0.15) is 5.82 Å². The van der Waals surface area contributed by atoms with Gasteiger partial charge in [0.05, 0.1) is 0 Å². The fraction of sp³-hybridized carbons (Fsp3) is 0.188. The van der Waals surface area contributed by atoms with Crippen LogP contribution in [0.2, 0.25) is 0 Å². The van der Waals surface area contributed by atoms with Crippen LogP contribution in [-0.2, 0) is 4.79 Å². The third kappa shape index (κ3) is 3.80. The lowest BCUT2D eigenvalue weighted by Crippen LogP contribution is -2.13. The van der Waals surface area contributed by atoms with Crippen LogP contribution in [0.15, 0.2) is 47.4 Å². The molecule has 110 valence electrons. The first kappa shape index (κ1) is 15.9. The summed E-state index contributed by atoms with van der Waals surface area (Å²) < 4.78 is 14.1. The first-order valence-corrected chi connectivity index (χ1v) is 7.56. The fourth-order valence-electron chi connectivity index (χ4n) is 2.26. The summed E-state index contributed by atoms with van der Waals surface area (Å²) in [6.45, 7) is 1.44. The molecule has 1 amide bonds. The Labute approximate surface area is 134 Å². The lowest BCUT2D eigenvalue weighted by molar-refractivity contribution is -0.114. The number of amides is 1. The van der Waals surface area contributed by atoms with E-state index in [4.69, 9.17) is 0 Å². The van der Waals surface area contributed by atoms with E-state index in [0.717, 1.165) is 10.5 Å². The van der Waals surface area contributed by atoms with E-state index in [1.54, 1.807) is 30.3 Å². The van der Waals surface area contributed by atoms with E-state index in [9.17, 15) is 9.18 Å². The van der Waals surface area contributed by atoms with Gasteiger partial charge in [-0.05, 0) is 35.4 Å². The molecule has 5 heteroatoms. The van der Waals surface area contributed by atoms with E-state index in [2.05, 4.69) is 30.6 Å². The molecular formula is C16H16FNOS2. The van der Waals surface area contributed by atoms with Crippen molar-refractivity contribution < 1.29 is 9.18 Å². The maximum Gasteiger partial charge on any atom is 0.221 e. The topological polar surface area (TPSA) is 29.1 Å². The van der Waals surface area contributed by atoms with Gasteiger partial charge in [-0.15, -0.1) is 12.6 Å². The molecule has 0 aromatic heterocycles. The Morgan fingerprint density at radius 1 is 1.24 bits per heavy atom. The number of thiol groups is 2. The van der Waals surface area contributed by atoms with Gasteiger partial charge in [0.25, 0.3) is 0 Å². The molecule has 0 heterocycles. The Morgan fingerprint density at radius 2 is 1.95 bits per heavy atom. The molecule has 0 spiro atoms. The van der Waals surface area contributed by atoms with Crippen LogP contribution in [0.3, 0.4) is 0 Å². The highest BCUT2D eigenvalue weighted by Crippen LogP contribution is 2.34. The minimum atomic E-state index is -0.283. The largest absolute Gasteiger partial charge is 0.326 e. The number of benzene rings is 2. The molecule has 0 aliphatic carbocycles. The highest BCUT2D eigenvalue weighted by atomic mass is 32.1. The zero-order valence-electron chi connectivity index (χ0n) is 11.5. The number of nitrogens with one attached hydrogen (secondary N) is 1. The van der Waals surface area contributed by atoms with Gasteiger partial charge in [0, 0.05) is 29.2 Å². The monoisotopic (exact) mass is 321 g/mol. The quantitative estimate of drug-likeness (QED) is 0.726. The Morgan fingerprint density at radius 3 is 2.57 bits per heavy atom. The van der Waals surface area contributed by atoms with Gasteiger partial charge < -0.3 is 5.32 Å². The van der Waals surface area contributed by atoms with Crippen molar-refractivity contribution in [1.29, 1.82) is 0 Å². The second kappa shape index (κ2) is 7.00. The zero-order valence-corrected chi connectivity index (χ0v) is 13.3. The summed E-state index contributed by atoms with van der Waals surface area (Å²) in [6, 6.07) is 12.0. The fourth-order valence-corrected chi connectivity index (χ4v) is 2.87. The predicted molar refractivity (Wildman–Crippen MR) is 90.1 cm³/mol. The molecule has 2 aromatic rings. The van der Waals surface area contributed by atoms with Crippen LogP contribution in [0, 0.1) is 5.82 Å². The highest BCUT2D eigenvalue weighted by molar-refractivity contribution is 7.80. The van der Waals surface area contributed by atoms with E-state index in [1.807, 2.05) is 6.07 Å². The molecule has 1 N–H and O–H groups in total. The number of hydrogen-bond donors (Lipinski definition) is 3. The van der Waals surface area contributed by atoms with Gasteiger partial charge in [-0.1, -0.05) is 18.2 Å². The summed E-state index contributed by atoms with van der Waals surface area (Å²) in [7, 11) is 0. The van der Waals surface area contributed by atoms with Crippen molar-refractivity contribution in [3.8, 4) is 0 Å². The van der Waals surface area contributed by atoms with Crippen molar-refractivity contribution in [3.05, 3.63) is 59.4 Å². The molecular weight excluding hydrogens is 305 g/mol. The van der Waals surface area contributed by atoms with E-state index in [0.29, 0.717) is 17.0 Å². The number of carbonyl (C=O) groups is 1. The normalized spacial score (nSPS) is 12.0. The summed E-state index contributed by atoms with van der Waals surface area (Å²) in [4.78, 5) is 12.1. The Balaban J connectivity index is 2.54. The summed E-state index contributed by atoms with van der Waals surface area (Å²) in [5, 5.41) is 2.78. The van der Waals surface area contributed by atoms with Gasteiger partial charge in [-0.25, -0.2) is 4.39 Å². The Hall–Kier alpha value is -1.46. The lowest BCUT2D eigenvalue weighted by Gasteiger charge is -2.20. The SMILES string of the molecule is CC(=O)Nc1ccc(S)cc1C(CS)c1ccccc1F. The van der Waals surface area contributed by atoms with Crippen LogP contribution in [0.5, 0.6) is 0 Å². The molecule has 1 unspecified atom stereocenters. The molecule has 0 saturated carbocycles. The van der Waals surface area contributed by atoms with Crippen LogP contribution in [0.25, 0.3) is 0 Å². The maximum absolute atomic E-state index is 14.1. The van der Waals surface area contributed by atoms with E-state index >= 15 is 0 Å². The second-order valence-electron chi connectivity index (χ2n) is 4.71. The summed E-state index contributed by atoms with van der Waals surface area (Å²) in [5.41, 5.74) is 2.01. The molecule has 0 aliphatic heterocycles. The van der Waals surface area contributed by atoms with Crippen LogP contribution < -0.4 is 5.32 Å². The summed E-state index contributed by atoms with van der Waals surface area (Å²) >= 11 is 8.69. The van der Waals surface area contributed by atoms with Gasteiger partial charge >= 0.3 is 0 Å². The molecule has 0 fully saturated rings. The molecule has 21 heavy (non-hydrogen) atoms. The summed E-state index contributed by atoms with van der Waals surface area (Å²) in [6.07, 6.45) is 0. The molecule has 0 saturated heterocycles. The number of carbonyl (C=O) groups excluding carboxylic acids is 1. The van der Waals surface area contributed by atoms with Crippen molar-refractivity contribution >= 4 is 36.9 Å². The van der Waals surface area contributed by atoms with Crippen LogP contribution >= 0.6 is 25.3 Å². The number of anilines is 1. The summed E-state index contributed by atoms with van der Waals surface area (Å²) in [5.74, 6) is -0.293. The Kier molecular flexibility index (Phi) is 5.31. The average Bonchev–Trinajstić information content (AvgIpc) is 2.44. The number of rotatable bonds is 4. The van der Waals surface area contributed by atoms with Crippen molar-refractivity contribution in [2.75, 3.05) is 11.1 Å². The third-order valence-electron chi connectivity index (χ3n) is 3.18. The minimum Gasteiger partial charge on any atom is -0.326 e. The molecule has 2 nitrogen and oxygen atoms in total. The zero-order chi connectivity index (χ0) is 15.4. The Bertz CT molecular complexity index is 660. The first-order valence-electron chi connectivity index (χ1n) is 6.48. The number of halogens is 1. The number of hydrogen-bond acceptors (Lipinski definition) is 3. The molecule has 0 aliphatic rings. The molecule has 2 rings (SSSR count). The molecule has 0 radical (unpaired) electrons. The smallest absolute Gasteiger partial charge is 0.221 e.